The highest BCUT2D eigenvalue weighted by molar-refractivity contribution is 5.94. The minimum atomic E-state index is -0.271. The average molecular weight is 377 g/mol. The number of aromatic nitrogens is 1. The van der Waals surface area contributed by atoms with Crippen LogP contribution in [0.1, 0.15) is 37.8 Å². The fraction of sp³-hybridized carbons (Fsp3) is 0.391. The van der Waals surface area contributed by atoms with Gasteiger partial charge in [-0.05, 0) is 70.1 Å². The van der Waals surface area contributed by atoms with Crippen molar-refractivity contribution >= 4 is 22.4 Å². The first kappa shape index (κ1) is 18.7. The minimum absolute atomic E-state index is 0.120. The number of benzene rings is 2. The lowest BCUT2D eigenvalue weighted by Crippen LogP contribution is -2.29. The summed E-state index contributed by atoms with van der Waals surface area (Å²) in [6, 6.07) is 14.2. The van der Waals surface area contributed by atoms with Gasteiger partial charge >= 0.3 is 0 Å². The van der Waals surface area contributed by atoms with E-state index in [0.29, 0.717) is 0 Å². The lowest BCUT2D eigenvalue weighted by atomic mass is 9.99. The lowest BCUT2D eigenvalue weighted by Gasteiger charge is -2.29. The number of hydrogen-bond acceptors (Lipinski definition) is 5. The van der Waals surface area contributed by atoms with Gasteiger partial charge in [-0.15, -0.1) is 0 Å². The molecule has 0 N–H and O–H groups in total. The van der Waals surface area contributed by atoms with E-state index in [1.54, 1.807) is 6.92 Å². The van der Waals surface area contributed by atoms with E-state index in [9.17, 15) is 4.79 Å². The van der Waals surface area contributed by atoms with Gasteiger partial charge in [0.1, 0.15) is 5.52 Å². The van der Waals surface area contributed by atoms with E-state index < -0.39 is 0 Å². The largest absolute Gasteiger partial charge is 0.372 e. The number of piperidine rings is 1. The fourth-order valence-electron chi connectivity index (χ4n) is 4.23. The van der Waals surface area contributed by atoms with Crippen molar-refractivity contribution in [1.82, 2.24) is 10.1 Å². The van der Waals surface area contributed by atoms with Crippen molar-refractivity contribution in [2.24, 2.45) is 0 Å². The molecule has 146 valence electrons. The maximum absolute atomic E-state index is 12.1. The summed E-state index contributed by atoms with van der Waals surface area (Å²) >= 11 is 0. The van der Waals surface area contributed by atoms with Crippen LogP contribution in [0.2, 0.25) is 0 Å². The van der Waals surface area contributed by atoms with Gasteiger partial charge in [0, 0.05) is 24.3 Å². The Morgan fingerprint density at radius 3 is 2.61 bits per heavy atom. The zero-order valence-electron chi connectivity index (χ0n) is 16.8. The molecule has 2 heterocycles. The maximum atomic E-state index is 12.1. The number of anilines is 1. The number of nitrogens with zero attached hydrogens (tertiary/aromatic N) is 3. The molecule has 0 radical (unpaired) electrons. The molecule has 0 saturated carbocycles. The van der Waals surface area contributed by atoms with E-state index in [-0.39, 0.29) is 11.8 Å². The van der Waals surface area contributed by atoms with Gasteiger partial charge in [0.25, 0.3) is 0 Å². The molecule has 4 rings (SSSR count). The highest BCUT2D eigenvalue weighted by atomic mass is 16.5. The number of likely N-dealkylation sites (N-methyl/N-ethyl adjacent to an activating group) is 1. The summed E-state index contributed by atoms with van der Waals surface area (Å²) in [5.41, 5.74) is 4.02. The molecule has 0 amide bonds. The number of rotatable bonds is 5. The zero-order chi connectivity index (χ0) is 19.7. The van der Waals surface area contributed by atoms with Crippen LogP contribution in [0.3, 0.4) is 0 Å². The van der Waals surface area contributed by atoms with Gasteiger partial charge in [-0.3, -0.25) is 9.69 Å². The van der Waals surface area contributed by atoms with E-state index >= 15 is 0 Å². The maximum Gasteiger partial charge on any atom is 0.174 e. The summed E-state index contributed by atoms with van der Waals surface area (Å²) < 4.78 is 5.73. The molecule has 2 aromatic carbocycles. The molecule has 1 fully saturated rings. The monoisotopic (exact) mass is 377 g/mol. The first-order valence-corrected chi connectivity index (χ1v) is 9.96. The predicted octanol–water partition coefficient (Wildman–Crippen LogP) is 4.68. The van der Waals surface area contributed by atoms with Crippen LogP contribution in [0.5, 0.6) is 0 Å². The van der Waals surface area contributed by atoms with E-state index in [4.69, 9.17) is 4.52 Å². The third kappa shape index (κ3) is 3.54. The minimum Gasteiger partial charge on any atom is -0.372 e. The Balaban J connectivity index is 1.75. The molecular weight excluding hydrogens is 350 g/mol. The molecule has 0 bridgehead atoms. The van der Waals surface area contributed by atoms with Crippen LogP contribution in [-0.2, 0) is 4.79 Å². The van der Waals surface area contributed by atoms with Crippen molar-refractivity contribution in [3.8, 4) is 11.3 Å². The van der Waals surface area contributed by atoms with Crippen molar-refractivity contribution in [3.63, 3.8) is 0 Å². The van der Waals surface area contributed by atoms with Crippen molar-refractivity contribution in [1.29, 1.82) is 0 Å². The molecule has 28 heavy (non-hydrogen) atoms. The number of carbonyl (C=O) groups excluding carboxylic acids is 1. The Bertz CT molecular complexity index is 986. The average Bonchev–Trinajstić information content (AvgIpc) is 3.11. The van der Waals surface area contributed by atoms with Crippen LogP contribution >= 0.6 is 0 Å². The highest BCUT2D eigenvalue weighted by Gasteiger charge is 2.21. The van der Waals surface area contributed by atoms with Crippen LogP contribution in [0.4, 0.5) is 5.69 Å². The van der Waals surface area contributed by atoms with Crippen LogP contribution in [-0.4, -0.2) is 43.0 Å². The second-order valence-corrected chi connectivity index (χ2v) is 7.86. The highest BCUT2D eigenvalue weighted by Crippen LogP contribution is 2.34. The number of carbonyl (C=O) groups is 1. The van der Waals surface area contributed by atoms with Crippen molar-refractivity contribution < 1.29 is 9.32 Å². The Kier molecular flexibility index (Phi) is 5.18. The normalized spacial score (nSPS) is 15.9. The van der Waals surface area contributed by atoms with E-state index in [1.807, 2.05) is 37.2 Å². The number of ketones is 1. The van der Waals surface area contributed by atoms with Gasteiger partial charge < -0.3 is 9.42 Å². The molecule has 0 spiro atoms. The van der Waals surface area contributed by atoms with Gasteiger partial charge in [0.15, 0.2) is 11.5 Å². The lowest BCUT2D eigenvalue weighted by molar-refractivity contribution is -0.121. The van der Waals surface area contributed by atoms with Gasteiger partial charge in [-0.25, -0.2) is 0 Å². The summed E-state index contributed by atoms with van der Waals surface area (Å²) in [4.78, 5) is 16.5. The third-order valence-corrected chi connectivity index (χ3v) is 5.55. The number of Topliss-reactive ketones (excluding diaryl/α,β-unsaturated/α-hetero) is 1. The van der Waals surface area contributed by atoms with Gasteiger partial charge in [0.2, 0.25) is 0 Å². The standard InChI is InChI=1S/C23H27N3O2/c1-16(27)22(25(2)3)17-10-11-21-20(15-17)23(28-24-21)18-8-7-9-19(14-18)26-12-5-4-6-13-26/h7-11,14-15,22H,4-6,12-13H2,1-3H3. The Labute approximate surface area is 165 Å². The number of fused-ring (bicyclic) bond motifs is 1. The van der Waals surface area contributed by atoms with Gasteiger partial charge in [-0.1, -0.05) is 23.4 Å². The summed E-state index contributed by atoms with van der Waals surface area (Å²) in [7, 11) is 3.85. The summed E-state index contributed by atoms with van der Waals surface area (Å²) in [6.45, 7) is 3.84. The predicted molar refractivity (Wildman–Crippen MR) is 113 cm³/mol. The van der Waals surface area contributed by atoms with Crippen molar-refractivity contribution in [2.45, 2.75) is 32.2 Å². The second kappa shape index (κ2) is 7.76. The first-order chi connectivity index (χ1) is 13.5. The zero-order valence-corrected chi connectivity index (χ0v) is 16.8. The van der Waals surface area contributed by atoms with E-state index in [1.165, 1.54) is 24.9 Å². The molecule has 1 unspecified atom stereocenters. The van der Waals surface area contributed by atoms with Crippen LogP contribution < -0.4 is 4.90 Å². The molecule has 5 heteroatoms. The van der Waals surface area contributed by atoms with Crippen LogP contribution in [0.15, 0.2) is 47.0 Å². The molecule has 1 saturated heterocycles. The molecule has 5 nitrogen and oxygen atoms in total. The van der Waals surface area contributed by atoms with Crippen LogP contribution in [0, 0.1) is 0 Å². The summed E-state index contributed by atoms with van der Waals surface area (Å²) in [5.74, 6) is 0.881. The number of hydrogen-bond donors (Lipinski definition) is 0. The Morgan fingerprint density at radius 1 is 1.11 bits per heavy atom. The van der Waals surface area contributed by atoms with Gasteiger partial charge in [-0.2, -0.15) is 0 Å². The van der Waals surface area contributed by atoms with Crippen LogP contribution in [0.25, 0.3) is 22.2 Å². The van der Waals surface area contributed by atoms with Crippen molar-refractivity contribution in [2.75, 3.05) is 32.1 Å². The smallest absolute Gasteiger partial charge is 0.174 e. The molecular formula is C23H27N3O2. The Hall–Kier alpha value is -2.66. The molecule has 0 aliphatic carbocycles. The molecule has 1 atom stereocenters. The van der Waals surface area contributed by atoms with Crippen molar-refractivity contribution in [3.05, 3.63) is 48.0 Å². The fourth-order valence-corrected chi connectivity index (χ4v) is 4.23. The molecule has 1 aromatic heterocycles. The molecule has 3 aromatic rings. The molecule has 1 aliphatic heterocycles. The Morgan fingerprint density at radius 2 is 1.89 bits per heavy atom. The van der Waals surface area contributed by atoms with E-state index in [2.05, 4.69) is 34.3 Å². The molecule has 1 aliphatic rings. The quantitative estimate of drug-likeness (QED) is 0.646. The topological polar surface area (TPSA) is 49.6 Å². The SMILES string of the molecule is CC(=O)C(c1ccc2noc(-c3cccc(N4CCCCC4)c3)c2c1)N(C)C. The third-order valence-electron chi connectivity index (χ3n) is 5.55. The van der Waals surface area contributed by atoms with Gasteiger partial charge in [0.05, 0.1) is 11.4 Å². The summed E-state index contributed by atoms with van der Waals surface area (Å²) in [5, 5.41) is 5.19. The summed E-state index contributed by atoms with van der Waals surface area (Å²) in [6.07, 6.45) is 3.81. The first-order valence-electron chi connectivity index (χ1n) is 9.96. The van der Waals surface area contributed by atoms with E-state index in [0.717, 1.165) is 40.9 Å². The second-order valence-electron chi connectivity index (χ2n) is 7.86.